The maximum absolute atomic E-state index is 12.8. The maximum atomic E-state index is 12.8. The first kappa shape index (κ1) is 24.4. The molecule has 0 aromatic heterocycles. The second kappa shape index (κ2) is 11.5. The molecule has 1 amide bonds. The second-order valence-electron chi connectivity index (χ2n) is 6.64. The lowest BCUT2D eigenvalue weighted by molar-refractivity contribution is -0.384. The Morgan fingerprint density at radius 2 is 1.88 bits per heavy atom. The third-order valence-electron chi connectivity index (χ3n) is 4.58. The Labute approximate surface area is 184 Å². The van der Waals surface area contributed by atoms with Crippen molar-refractivity contribution in [3.63, 3.8) is 0 Å². The van der Waals surface area contributed by atoms with Crippen molar-refractivity contribution in [1.82, 2.24) is 5.32 Å². The van der Waals surface area contributed by atoms with Crippen molar-refractivity contribution in [3.05, 3.63) is 57.6 Å². The quantitative estimate of drug-likeness (QED) is 0.253. The van der Waals surface area contributed by atoms with E-state index in [1.807, 2.05) is 0 Å². The van der Waals surface area contributed by atoms with Crippen molar-refractivity contribution in [3.8, 4) is 11.5 Å². The van der Waals surface area contributed by atoms with E-state index in [0.717, 1.165) is 6.07 Å². The number of nitrogens with zero attached hydrogens (tertiary/aromatic N) is 1. The predicted molar refractivity (Wildman–Crippen MR) is 115 cm³/mol. The van der Waals surface area contributed by atoms with Crippen LogP contribution in [0.5, 0.6) is 11.5 Å². The lowest BCUT2D eigenvalue weighted by Gasteiger charge is -2.20. The molecule has 172 valence electrons. The van der Waals surface area contributed by atoms with Crippen molar-refractivity contribution in [1.29, 1.82) is 0 Å². The molecule has 11 heteroatoms. The third-order valence-corrected chi connectivity index (χ3v) is 4.58. The van der Waals surface area contributed by atoms with E-state index in [0.29, 0.717) is 30.2 Å². The molecule has 0 aliphatic rings. The van der Waals surface area contributed by atoms with Crippen LogP contribution in [0.15, 0.2) is 36.4 Å². The van der Waals surface area contributed by atoms with Gasteiger partial charge in [-0.2, -0.15) is 0 Å². The molecule has 3 N–H and O–H groups in total. The molecule has 0 aliphatic carbocycles. The molecule has 0 fully saturated rings. The van der Waals surface area contributed by atoms with Crippen molar-refractivity contribution in [2.24, 2.45) is 0 Å². The fourth-order valence-corrected chi connectivity index (χ4v) is 3.02. The minimum absolute atomic E-state index is 0.0110. The van der Waals surface area contributed by atoms with Gasteiger partial charge in [0.25, 0.3) is 11.6 Å². The van der Waals surface area contributed by atoms with Gasteiger partial charge in [-0.05, 0) is 24.3 Å². The monoisotopic (exact) mass is 447 g/mol. The summed E-state index contributed by atoms with van der Waals surface area (Å²) in [6, 6.07) is 7.80. The van der Waals surface area contributed by atoms with Crippen LogP contribution in [0.4, 0.5) is 11.4 Å². The summed E-state index contributed by atoms with van der Waals surface area (Å²) in [5.41, 5.74) is 0.390. The highest BCUT2D eigenvalue weighted by Crippen LogP contribution is 2.32. The van der Waals surface area contributed by atoms with Crippen LogP contribution in [0.1, 0.15) is 28.4 Å². The molecule has 2 aromatic rings. The lowest BCUT2D eigenvalue weighted by Crippen LogP contribution is -2.30. The molecule has 0 spiro atoms. The van der Waals surface area contributed by atoms with Crippen molar-refractivity contribution < 1.29 is 33.8 Å². The van der Waals surface area contributed by atoms with Gasteiger partial charge in [-0.25, -0.2) is 0 Å². The number of aliphatic carboxylic acids is 1. The maximum Gasteiger partial charge on any atom is 0.305 e. The molecule has 0 aliphatic heterocycles. The normalized spacial score (nSPS) is 11.3. The van der Waals surface area contributed by atoms with Crippen molar-refractivity contribution in [2.45, 2.75) is 12.5 Å². The average Bonchev–Trinajstić information content (AvgIpc) is 2.77. The number of methoxy groups -OCH3 is 3. The highest BCUT2D eigenvalue weighted by molar-refractivity contribution is 5.96. The zero-order valence-electron chi connectivity index (χ0n) is 17.9. The van der Waals surface area contributed by atoms with E-state index >= 15 is 0 Å². The van der Waals surface area contributed by atoms with Crippen LogP contribution in [0.3, 0.4) is 0 Å². The number of carboxylic acids is 1. The van der Waals surface area contributed by atoms with E-state index in [2.05, 4.69) is 10.6 Å². The summed E-state index contributed by atoms with van der Waals surface area (Å²) in [6.45, 7) is 0.695. The zero-order chi connectivity index (χ0) is 23.7. The molecule has 0 bridgehead atoms. The van der Waals surface area contributed by atoms with Gasteiger partial charge < -0.3 is 30.0 Å². The Morgan fingerprint density at radius 1 is 1.12 bits per heavy atom. The molecule has 2 aromatic carbocycles. The Kier molecular flexibility index (Phi) is 8.78. The van der Waals surface area contributed by atoms with Gasteiger partial charge in [0.05, 0.1) is 38.2 Å². The highest BCUT2D eigenvalue weighted by Gasteiger charge is 2.24. The fraction of sp³-hybridized carbons (Fsp3) is 0.333. The summed E-state index contributed by atoms with van der Waals surface area (Å²) in [7, 11) is 4.40. The summed E-state index contributed by atoms with van der Waals surface area (Å²) >= 11 is 0. The fourth-order valence-electron chi connectivity index (χ4n) is 3.02. The van der Waals surface area contributed by atoms with E-state index in [1.165, 1.54) is 33.5 Å². The van der Waals surface area contributed by atoms with Gasteiger partial charge in [0.15, 0.2) is 0 Å². The number of nitrogens with one attached hydrogen (secondary N) is 2. The number of carbonyl (C=O) groups excluding carboxylic acids is 1. The smallest absolute Gasteiger partial charge is 0.305 e. The van der Waals surface area contributed by atoms with Gasteiger partial charge >= 0.3 is 5.97 Å². The second-order valence-corrected chi connectivity index (χ2v) is 6.64. The molecule has 0 unspecified atom stereocenters. The number of anilines is 1. The highest BCUT2D eigenvalue weighted by atomic mass is 16.6. The van der Waals surface area contributed by atoms with Gasteiger partial charge in [0, 0.05) is 36.9 Å². The number of carboxylic acid groups (broad SMARTS) is 1. The zero-order valence-corrected chi connectivity index (χ0v) is 17.9. The molecular weight excluding hydrogens is 422 g/mol. The van der Waals surface area contributed by atoms with Gasteiger partial charge in [-0.1, -0.05) is 0 Å². The molecular formula is C21H25N3O8. The van der Waals surface area contributed by atoms with E-state index in [4.69, 9.17) is 14.2 Å². The molecule has 0 saturated heterocycles. The SMILES string of the molecule is COCCNc1ccc(C(=O)N[C@H](CC(=O)O)c2ccc(OC)cc2OC)cc1[N+](=O)[O-]. The predicted octanol–water partition coefficient (Wildman–Crippen LogP) is 2.62. The Morgan fingerprint density at radius 3 is 2.47 bits per heavy atom. The number of carbonyl (C=O) groups is 2. The minimum Gasteiger partial charge on any atom is -0.497 e. The minimum atomic E-state index is -1.14. The van der Waals surface area contributed by atoms with Crippen LogP contribution in [0.2, 0.25) is 0 Å². The number of hydrogen-bond donors (Lipinski definition) is 3. The molecule has 2 rings (SSSR count). The van der Waals surface area contributed by atoms with E-state index in [1.54, 1.807) is 18.2 Å². The number of benzene rings is 2. The number of nitro groups is 1. The van der Waals surface area contributed by atoms with Crippen molar-refractivity contribution in [2.75, 3.05) is 39.8 Å². The average molecular weight is 447 g/mol. The topological polar surface area (TPSA) is 149 Å². The number of nitro benzene ring substituents is 1. The summed E-state index contributed by atoms with van der Waals surface area (Å²) < 4.78 is 15.4. The molecule has 1 atom stereocenters. The van der Waals surface area contributed by atoms with E-state index in [9.17, 15) is 24.8 Å². The van der Waals surface area contributed by atoms with Crippen molar-refractivity contribution >= 4 is 23.3 Å². The largest absolute Gasteiger partial charge is 0.497 e. The first-order valence-electron chi connectivity index (χ1n) is 9.56. The lowest BCUT2D eigenvalue weighted by atomic mass is 10.0. The Balaban J connectivity index is 2.33. The van der Waals surface area contributed by atoms with Crippen LogP contribution < -0.4 is 20.1 Å². The number of rotatable bonds is 12. The summed E-state index contributed by atoms with van der Waals surface area (Å²) in [5.74, 6) is -0.977. The number of ether oxygens (including phenoxy) is 3. The van der Waals surface area contributed by atoms with E-state index < -0.39 is 29.3 Å². The number of amides is 1. The molecule has 32 heavy (non-hydrogen) atoms. The number of hydrogen-bond acceptors (Lipinski definition) is 8. The molecule has 11 nitrogen and oxygen atoms in total. The van der Waals surface area contributed by atoms with Gasteiger partial charge in [0.1, 0.15) is 17.2 Å². The summed E-state index contributed by atoms with van der Waals surface area (Å²) in [6.07, 6.45) is -0.423. The Bertz CT molecular complexity index is 980. The van der Waals surface area contributed by atoms with Crippen LogP contribution in [-0.4, -0.2) is 56.4 Å². The summed E-state index contributed by atoms with van der Waals surface area (Å²) in [4.78, 5) is 35.1. The van der Waals surface area contributed by atoms with Gasteiger partial charge in [0.2, 0.25) is 0 Å². The standard InChI is InChI=1S/C21H25N3O8/c1-30-9-8-22-16-7-4-13(10-18(16)24(28)29)21(27)23-17(12-20(25)26)15-6-5-14(31-2)11-19(15)32-3/h4-7,10-11,17,22H,8-9,12H2,1-3H3,(H,23,27)(H,25,26)/t17-/m1/s1. The first-order valence-corrected chi connectivity index (χ1v) is 9.56. The molecule has 0 saturated carbocycles. The van der Waals surface area contributed by atoms with E-state index in [-0.39, 0.29) is 16.9 Å². The third kappa shape index (κ3) is 6.32. The van der Waals surface area contributed by atoms with Crippen LogP contribution in [-0.2, 0) is 9.53 Å². The molecule has 0 heterocycles. The van der Waals surface area contributed by atoms with Crippen LogP contribution >= 0.6 is 0 Å². The molecule has 0 radical (unpaired) electrons. The van der Waals surface area contributed by atoms with Crippen LogP contribution in [0, 0.1) is 10.1 Å². The Hall–Kier alpha value is -3.86. The van der Waals surface area contributed by atoms with Gasteiger partial charge in [-0.3, -0.25) is 19.7 Å². The summed E-state index contributed by atoms with van der Waals surface area (Å²) in [5, 5.41) is 26.3. The first-order chi connectivity index (χ1) is 15.3. The van der Waals surface area contributed by atoms with Gasteiger partial charge in [-0.15, -0.1) is 0 Å². The van der Waals surface area contributed by atoms with Crippen LogP contribution in [0.25, 0.3) is 0 Å².